The number of rotatable bonds is 3. The van der Waals surface area contributed by atoms with Gasteiger partial charge in [-0.2, -0.15) is 0 Å². The first kappa shape index (κ1) is 22.7. The van der Waals surface area contributed by atoms with Crippen LogP contribution in [0.5, 0.6) is 5.75 Å². The predicted octanol–water partition coefficient (Wildman–Crippen LogP) is 2.19. The molecule has 1 aromatic rings. The van der Waals surface area contributed by atoms with E-state index in [9.17, 15) is 4.79 Å². The van der Waals surface area contributed by atoms with E-state index in [2.05, 4.69) is 11.8 Å². The number of carboxylic acid groups (broad SMARTS) is 2. The van der Waals surface area contributed by atoms with E-state index in [0.29, 0.717) is 0 Å². The zero-order valence-corrected chi connectivity index (χ0v) is 17.0. The van der Waals surface area contributed by atoms with Gasteiger partial charge in [0, 0.05) is 37.8 Å². The second-order valence-electron chi connectivity index (χ2n) is 7.60. The maximum atomic E-state index is 12.7. The van der Waals surface area contributed by atoms with Crippen molar-refractivity contribution < 1.29 is 29.3 Å². The van der Waals surface area contributed by atoms with Gasteiger partial charge in [-0.15, -0.1) is 0 Å². The molecule has 160 valence electrons. The van der Waals surface area contributed by atoms with Gasteiger partial charge >= 0.3 is 11.9 Å². The fourth-order valence-electron chi connectivity index (χ4n) is 3.96. The maximum absolute atomic E-state index is 12.7. The number of carboxylic acids is 2. The van der Waals surface area contributed by atoms with Crippen molar-refractivity contribution in [1.82, 2.24) is 9.80 Å². The molecule has 1 saturated carbocycles. The monoisotopic (exact) mass is 406 g/mol. The van der Waals surface area contributed by atoms with E-state index in [1.54, 1.807) is 7.11 Å². The second-order valence-corrected chi connectivity index (χ2v) is 7.60. The van der Waals surface area contributed by atoms with Crippen molar-refractivity contribution in [3.05, 3.63) is 29.8 Å². The van der Waals surface area contributed by atoms with Crippen molar-refractivity contribution in [3.63, 3.8) is 0 Å². The van der Waals surface area contributed by atoms with E-state index in [1.165, 1.54) is 25.7 Å². The third kappa shape index (κ3) is 6.74. The fraction of sp³-hybridized carbons (Fsp3) is 0.571. The third-order valence-corrected chi connectivity index (χ3v) is 5.53. The van der Waals surface area contributed by atoms with Crippen LogP contribution in [0.15, 0.2) is 24.3 Å². The van der Waals surface area contributed by atoms with Crippen LogP contribution in [-0.2, 0) is 9.59 Å². The van der Waals surface area contributed by atoms with Crippen LogP contribution in [0.4, 0.5) is 0 Å². The Labute approximate surface area is 171 Å². The van der Waals surface area contributed by atoms with Crippen LogP contribution in [0.25, 0.3) is 0 Å². The molecule has 1 aromatic carbocycles. The summed E-state index contributed by atoms with van der Waals surface area (Å²) in [5.41, 5.74) is 0.726. The van der Waals surface area contributed by atoms with Crippen LogP contribution in [0.3, 0.4) is 0 Å². The number of methoxy groups -OCH3 is 1. The SMILES string of the molecule is COc1cccc(C(=O)N2CCN(C3CCCC(C)C3)CC2)c1.O=C(O)C(=O)O. The number of piperazine rings is 1. The first-order valence-electron chi connectivity index (χ1n) is 9.95. The molecule has 0 spiro atoms. The van der Waals surface area contributed by atoms with Crippen molar-refractivity contribution in [2.45, 2.75) is 38.6 Å². The number of amides is 1. The van der Waals surface area contributed by atoms with Crippen molar-refractivity contribution in [3.8, 4) is 5.75 Å². The molecule has 0 bridgehead atoms. The van der Waals surface area contributed by atoms with Crippen molar-refractivity contribution >= 4 is 17.8 Å². The highest BCUT2D eigenvalue weighted by Gasteiger charge is 2.29. The van der Waals surface area contributed by atoms with Crippen LogP contribution < -0.4 is 4.74 Å². The van der Waals surface area contributed by atoms with Crippen molar-refractivity contribution in [2.75, 3.05) is 33.3 Å². The lowest BCUT2D eigenvalue weighted by atomic mass is 9.86. The summed E-state index contributed by atoms with van der Waals surface area (Å²) in [6, 6.07) is 8.19. The Morgan fingerprint density at radius 2 is 1.69 bits per heavy atom. The highest BCUT2D eigenvalue weighted by atomic mass is 16.5. The van der Waals surface area contributed by atoms with Gasteiger partial charge in [0.2, 0.25) is 0 Å². The maximum Gasteiger partial charge on any atom is 0.414 e. The molecule has 2 unspecified atom stereocenters. The zero-order chi connectivity index (χ0) is 21.4. The minimum absolute atomic E-state index is 0.126. The Balaban J connectivity index is 0.000000438. The molecule has 1 aliphatic carbocycles. The molecule has 0 aromatic heterocycles. The Hall–Kier alpha value is -2.61. The number of hydrogen-bond donors (Lipinski definition) is 2. The summed E-state index contributed by atoms with van der Waals surface area (Å²) < 4.78 is 5.22. The van der Waals surface area contributed by atoms with Crippen LogP contribution in [-0.4, -0.2) is 77.2 Å². The average Bonchev–Trinajstić information content (AvgIpc) is 2.73. The van der Waals surface area contributed by atoms with E-state index in [1.807, 2.05) is 29.2 Å². The summed E-state index contributed by atoms with van der Waals surface area (Å²) in [6.45, 7) is 6.05. The molecular formula is C21H30N2O6. The first-order chi connectivity index (χ1) is 13.8. The summed E-state index contributed by atoms with van der Waals surface area (Å²) >= 11 is 0. The number of aliphatic carboxylic acids is 2. The summed E-state index contributed by atoms with van der Waals surface area (Å²) in [4.78, 5) is 35.4. The Kier molecular flexibility index (Phi) is 8.45. The predicted molar refractivity (Wildman–Crippen MR) is 107 cm³/mol. The molecule has 29 heavy (non-hydrogen) atoms. The lowest BCUT2D eigenvalue weighted by molar-refractivity contribution is -0.159. The van der Waals surface area contributed by atoms with Gasteiger partial charge in [0.15, 0.2) is 0 Å². The highest BCUT2D eigenvalue weighted by Crippen LogP contribution is 2.28. The van der Waals surface area contributed by atoms with E-state index in [0.717, 1.165) is 49.5 Å². The Morgan fingerprint density at radius 3 is 2.24 bits per heavy atom. The lowest BCUT2D eigenvalue weighted by Gasteiger charge is -2.42. The number of nitrogens with zero attached hydrogens (tertiary/aromatic N) is 2. The average molecular weight is 406 g/mol. The molecule has 1 aliphatic heterocycles. The molecule has 1 amide bonds. The van der Waals surface area contributed by atoms with Gasteiger partial charge in [0.05, 0.1) is 7.11 Å². The van der Waals surface area contributed by atoms with Gasteiger partial charge in [-0.3, -0.25) is 9.69 Å². The number of hydrogen-bond acceptors (Lipinski definition) is 5. The van der Waals surface area contributed by atoms with Crippen LogP contribution in [0.2, 0.25) is 0 Å². The van der Waals surface area contributed by atoms with Gasteiger partial charge < -0.3 is 19.8 Å². The number of ether oxygens (including phenoxy) is 1. The Bertz CT molecular complexity index is 703. The fourth-order valence-corrected chi connectivity index (χ4v) is 3.96. The summed E-state index contributed by atoms with van der Waals surface area (Å²) in [5.74, 6) is -1.93. The first-order valence-corrected chi connectivity index (χ1v) is 9.95. The van der Waals surface area contributed by atoms with Gasteiger partial charge in [0.1, 0.15) is 5.75 Å². The van der Waals surface area contributed by atoms with Gasteiger partial charge in [0.25, 0.3) is 5.91 Å². The standard InChI is InChI=1S/C19H28N2O2.C2H2O4/c1-15-5-3-7-17(13-15)20-9-11-21(12-10-20)19(22)16-6-4-8-18(14-16)23-2;3-1(4)2(5)6/h4,6,8,14-15,17H,3,5,7,9-13H2,1-2H3;(H,3,4)(H,5,6). The second kappa shape index (κ2) is 10.8. The molecule has 1 heterocycles. The zero-order valence-electron chi connectivity index (χ0n) is 17.0. The smallest absolute Gasteiger partial charge is 0.414 e. The van der Waals surface area contributed by atoms with Crippen LogP contribution in [0, 0.1) is 5.92 Å². The molecule has 8 heteroatoms. The molecular weight excluding hydrogens is 376 g/mol. The quantitative estimate of drug-likeness (QED) is 0.741. The number of carbonyl (C=O) groups is 3. The van der Waals surface area contributed by atoms with Gasteiger partial charge in [-0.05, 0) is 37.0 Å². The summed E-state index contributed by atoms with van der Waals surface area (Å²) in [7, 11) is 1.63. The number of benzene rings is 1. The molecule has 8 nitrogen and oxygen atoms in total. The largest absolute Gasteiger partial charge is 0.497 e. The molecule has 3 rings (SSSR count). The number of carbonyl (C=O) groups excluding carboxylic acids is 1. The van der Waals surface area contributed by atoms with E-state index < -0.39 is 11.9 Å². The van der Waals surface area contributed by atoms with Crippen molar-refractivity contribution in [2.24, 2.45) is 5.92 Å². The summed E-state index contributed by atoms with van der Waals surface area (Å²) in [5, 5.41) is 14.8. The molecule has 2 atom stereocenters. The third-order valence-electron chi connectivity index (χ3n) is 5.53. The minimum atomic E-state index is -1.82. The molecule has 0 radical (unpaired) electrons. The Morgan fingerprint density at radius 1 is 1.03 bits per heavy atom. The lowest BCUT2D eigenvalue weighted by Crippen LogP contribution is -2.52. The summed E-state index contributed by atoms with van der Waals surface area (Å²) in [6.07, 6.45) is 5.39. The van der Waals surface area contributed by atoms with Gasteiger partial charge in [-0.1, -0.05) is 25.8 Å². The van der Waals surface area contributed by atoms with Crippen LogP contribution in [0.1, 0.15) is 43.0 Å². The minimum Gasteiger partial charge on any atom is -0.497 e. The van der Waals surface area contributed by atoms with Crippen molar-refractivity contribution in [1.29, 1.82) is 0 Å². The van der Waals surface area contributed by atoms with E-state index >= 15 is 0 Å². The van der Waals surface area contributed by atoms with E-state index in [-0.39, 0.29) is 5.91 Å². The van der Waals surface area contributed by atoms with E-state index in [4.69, 9.17) is 24.5 Å². The normalized spacial score (nSPS) is 22.2. The molecule has 2 aliphatic rings. The molecule has 2 N–H and O–H groups in total. The topological polar surface area (TPSA) is 107 Å². The molecule has 2 fully saturated rings. The van der Waals surface area contributed by atoms with Gasteiger partial charge in [-0.25, -0.2) is 9.59 Å². The molecule has 1 saturated heterocycles. The van der Waals surface area contributed by atoms with Crippen LogP contribution >= 0.6 is 0 Å². The highest BCUT2D eigenvalue weighted by molar-refractivity contribution is 6.27.